The first kappa shape index (κ1) is 18.0. The second kappa shape index (κ2) is 7.63. The number of nitrogens with zero attached hydrogens (tertiary/aromatic N) is 2. The van der Waals surface area contributed by atoms with Crippen molar-refractivity contribution in [2.45, 2.75) is 11.8 Å². The summed E-state index contributed by atoms with van der Waals surface area (Å²) in [6.45, 7) is 2.28. The molecule has 9 heteroatoms. The highest BCUT2D eigenvalue weighted by atomic mass is 32.2. The van der Waals surface area contributed by atoms with Crippen molar-refractivity contribution in [2.24, 2.45) is 0 Å². The van der Waals surface area contributed by atoms with Crippen LogP contribution in [-0.2, 0) is 14.8 Å². The lowest BCUT2D eigenvalue weighted by molar-refractivity contribution is 0.335. The molecule has 3 rings (SSSR count). The maximum atomic E-state index is 12.5. The Bertz CT molecular complexity index is 1040. The largest absolute Gasteiger partial charge is 0.471 e. The van der Waals surface area contributed by atoms with Crippen LogP contribution in [0.15, 0.2) is 59.6 Å². The Labute approximate surface area is 156 Å². The summed E-state index contributed by atoms with van der Waals surface area (Å²) in [6.07, 6.45) is 1.39. The van der Waals surface area contributed by atoms with Gasteiger partial charge in [-0.25, -0.2) is 13.4 Å². The zero-order valence-electron chi connectivity index (χ0n) is 13.8. The van der Waals surface area contributed by atoms with E-state index in [9.17, 15) is 8.42 Å². The van der Waals surface area contributed by atoms with Crippen LogP contribution in [0.5, 0.6) is 0 Å². The van der Waals surface area contributed by atoms with Crippen molar-refractivity contribution in [1.29, 1.82) is 0 Å². The van der Waals surface area contributed by atoms with Crippen LogP contribution in [0.1, 0.15) is 6.92 Å². The Balaban J connectivity index is 1.77. The maximum Gasteiger partial charge on any atom is 0.263 e. The van der Waals surface area contributed by atoms with E-state index in [-0.39, 0.29) is 15.9 Å². The zero-order chi connectivity index (χ0) is 18.6. The second-order valence-electron chi connectivity index (χ2n) is 5.22. The summed E-state index contributed by atoms with van der Waals surface area (Å²) in [5, 5.41) is 3.09. The van der Waals surface area contributed by atoms with Gasteiger partial charge in [-0.2, -0.15) is 0 Å². The number of sulfonamides is 1. The number of anilines is 2. The Morgan fingerprint density at radius 1 is 1.12 bits per heavy atom. The Morgan fingerprint density at radius 3 is 2.50 bits per heavy atom. The molecule has 0 aliphatic heterocycles. The average molecular weight is 388 g/mol. The summed E-state index contributed by atoms with van der Waals surface area (Å²) in [6, 6.07) is 13.4. The van der Waals surface area contributed by atoms with E-state index in [0.717, 1.165) is 0 Å². The van der Waals surface area contributed by atoms with Crippen molar-refractivity contribution in [3.63, 3.8) is 0 Å². The van der Waals surface area contributed by atoms with Crippen LogP contribution in [0.2, 0.25) is 0 Å². The predicted molar refractivity (Wildman–Crippen MR) is 105 cm³/mol. The molecule has 26 heavy (non-hydrogen) atoms. The van der Waals surface area contributed by atoms with Gasteiger partial charge in [0.15, 0.2) is 5.82 Å². The third-order valence-electron chi connectivity index (χ3n) is 3.37. The smallest absolute Gasteiger partial charge is 0.263 e. The number of ether oxygens (including phenoxy) is 1. The van der Waals surface area contributed by atoms with E-state index in [0.29, 0.717) is 23.3 Å². The van der Waals surface area contributed by atoms with Crippen molar-refractivity contribution in [3.05, 3.63) is 54.7 Å². The Morgan fingerprint density at radius 2 is 1.81 bits per heavy atom. The third-order valence-corrected chi connectivity index (χ3v) is 4.96. The van der Waals surface area contributed by atoms with Gasteiger partial charge in [-0.15, -0.1) is 0 Å². The summed E-state index contributed by atoms with van der Waals surface area (Å²) in [5.41, 5.74) is 1.93. The lowest BCUT2D eigenvalue weighted by Crippen LogP contribution is -2.15. The first-order chi connectivity index (χ1) is 12.5. The van der Waals surface area contributed by atoms with Crippen LogP contribution in [0.4, 0.5) is 11.5 Å². The van der Waals surface area contributed by atoms with Crippen LogP contribution in [0.3, 0.4) is 0 Å². The molecule has 0 unspecified atom stereocenters. The van der Waals surface area contributed by atoms with Crippen molar-refractivity contribution in [3.8, 4) is 0 Å². The van der Waals surface area contributed by atoms with Gasteiger partial charge in [0.25, 0.3) is 15.2 Å². The molecule has 1 aromatic heterocycles. The number of aromatic nitrogens is 2. The number of nitrogens with one attached hydrogen (secondary N) is 2. The van der Waals surface area contributed by atoms with Gasteiger partial charge in [0.05, 0.1) is 28.7 Å². The maximum absolute atomic E-state index is 12.5. The SMILES string of the molecule is CCOC(=S)Nc1ccc(S(=O)(=O)Nc2cnc3ccccc3n2)cc1. The number of benzene rings is 2. The molecular formula is C17H16N4O3S2. The molecule has 1 heterocycles. The van der Waals surface area contributed by atoms with Gasteiger partial charge < -0.3 is 10.1 Å². The Kier molecular flexibility index (Phi) is 5.29. The van der Waals surface area contributed by atoms with Crippen LogP contribution < -0.4 is 10.0 Å². The normalized spacial score (nSPS) is 11.1. The summed E-state index contributed by atoms with van der Waals surface area (Å²) >= 11 is 4.99. The second-order valence-corrected chi connectivity index (χ2v) is 7.27. The van der Waals surface area contributed by atoms with Crippen LogP contribution >= 0.6 is 12.2 Å². The standard InChI is InChI=1S/C17H16N4O3S2/c1-2-24-17(25)19-12-7-9-13(10-8-12)26(22,23)21-16-11-18-14-5-3-4-6-15(14)20-16/h3-11H,2H2,1H3,(H,19,25)(H,20,21). The van der Waals surface area contributed by atoms with Gasteiger partial charge >= 0.3 is 0 Å². The minimum Gasteiger partial charge on any atom is -0.471 e. The van der Waals surface area contributed by atoms with Crippen molar-refractivity contribution >= 4 is 50.0 Å². The highest BCUT2D eigenvalue weighted by Gasteiger charge is 2.15. The topological polar surface area (TPSA) is 93.2 Å². The molecule has 0 fully saturated rings. The van der Waals surface area contributed by atoms with Gasteiger partial charge in [0.2, 0.25) is 0 Å². The number of hydrogen-bond donors (Lipinski definition) is 2. The molecule has 0 spiro atoms. The number of hydrogen-bond acceptors (Lipinski definition) is 6. The minimum atomic E-state index is -3.78. The number of thiocarbonyl (C=S) groups is 1. The quantitative estimate of drug-likeness (QED) is 0.649. The van der Waals surface area contributed by atoms with E-state index >= 15 is 0 Å². The molecule has 2 aromatic carbocycles. The molecule has 0 aliphatic carbocycles. The van der Waals surface area contributed by atoms with E-state index in [1.807, 2.05) is 19.1 Å². The first-order valence-electron chi connectivity index (χ1n) is 7.76. The van der Waals surface area contributed by atoms with Gasteiger partial charge in [-0.3, -0.25) is 9.71 Å². The van der Waals surface area contributed by atoms with Crippen LogP contribution in [0.25, 0.3) is 11.0 Å². The summed E-state index contributed by atoms with van der Waals surface area (Å²) in [7, 11) is -3.78. The van der Waals surface area contributed by atoms with E-state index in [1.165, 1.54) is 18.3 Å². The molecule has 0 amide bonds. The highest BCUT2D eigenvalue weighted by Crippen LogP contribution is 2.18. The molecule has 0 atom stereocenters. The summed E-state index contributed by atoms with van der Waals surface area (Å²) in [5.74, 6) is 0.156. The fourth-order valence-corrected chi connectivity index (χ4v) is 3.43. The van der Waals surface area contributed by atoms with Gasteiger partial charge in [0.1, 0.15) is 0 Å². The van der Waals surface area contributed by atoms with Crippen molar-refractivity contribution < 1.29 is 13.2 Å². The lowest BCUT2D eigenvalue weighted by atomic mass is 10.3. The number of para-hydroxylation sites is 2. The fourth-order valence-electron chi connectivity index (χ4n) is 2.21. The molecule has 134 valence electrons. The average Bonchev–Trinajstić information content (AvgIpc) is 2.62. The van der Waals surface area contributed by atoms with Gasteiger partial charge in [-0.05, 0) is 55.5 Å². The molecule has 0 saturated carbocycles. The van der Waals surface area contributed by atoms with Crippen molar-refractivity contribution in [2.75, 3.05) is 16.6 Å². The zero-order valence-corrected chi connectivity index (χ0v) is 15.5. The van der Waals surface area contributed by atoms with E-state index in [1.54, 1.807) is 24.3 Å². The van der Waals surface area contributed by atoms with Crippen LogP contribution in [-0.4, -0.2) is 30.2 Å². The Hall–Kier alpha value is -2.78. The highest BCUT2D eigenvalue weighted by molar-refractivity contribution is 7.92. The lowest BCUT2D eigenvalue weighted by Gasteiger charge is -2.10. The third kappa shape index (κ3) is 4.24. The fraction of sp³-hybridized carbons (Fsp3) is 0.118. The molecule has 0 radical (unpaired) electrons. The van der Waals surface area contributed by atoms with E-state index < -0.39 is 10.0 Å². The number of rotatable bonds is 5. The summed E-state index contributed by atoms with van der Waals surface area (Å²) < 4.78 is 32.6. The van der Waals surface area contributed by atoms with E-state index in [2.05, 4.69) is 20.0 Å². The molecule has 7 nitrogen and oxygen atoms in total. The first-order valence-corrected chi connectivity index (χ1v) is 9.65. The molecule has 0 bridgehead atoms. The molecule has 3 aromatic rings. The van der Waals surface area contributed by atoms with Gasteiger partial charge in [0, 0.05) is 5.69 Å². The van der Waals surface area contributed by atoms with E-state index in [4.69, 9.17) is 17.0 Å². The monoisotopic (exact) mass is 388 g/mol. The molecule has 2 N–H and O–H groups in total. The summed E-state index contributed by atoms with van der Waals surface area (Å²) in [4.78, 5) is 8.56. The predicted octanol–water partition coefficient (Wildman–Crippen LogP) is 3.16. The van der Waals surface area contributed by atoms with Crippen LogP contribution in [0, 0.1) is 0 Å². The molecule has 0 saturated heterocycles. The molecule has 0 aliphatic rings. The van der Waals surface area contributed by atoms with Crippen molar-refractivity contribution in [1.82, 2.24) is 9.97 Å². The minimum absolute atomic E-state index is 0.0975. The molecular weight excluding hydrogens is 372 g/mol. The number of fused-ring (bicyclic) bond motifs is 1. The van der Waals surface area contributed by atoms with Gasteiger partial charge in [-0.1, -0.05) is 12.1 Å².